The molecule has 1 aliphatic heterocycles. The molecule has 1 saturated heterocycles. The fraction of sp³-hybridized carbons (Fsp3) is 0.429. The zero-order valence-corrected chi connectivity index (χ0v) is 11.1. The summed E-state index contributed by atoms with van der Waals surface area (Å²) in [6.45, 7) is 6.55. The lowest BCUT2D eigenvalue weighted by Gasteiger charge is -2.15. The third-order valence-corrected chi connectivity index (χ3v) is 3.30. The number of aliphatic hydroxyl groups excluding tert-OH is 1. The molecule has 1 fully saturated rings. The standard InChI is InChI=1S/C14H18ClNO2/c1-2-7-18-14-4-3-11(8-13(14)15)9-16-6-5-12(17)10-16/h2-4,8,12,17H,1,5-7,9-10H2/t12-/m1/s1. The smallest absolute Gasteiger partial charge is 0.138 e. The van der Waals surface area contributed by atoms with Crippen LogP contribution in [0.1, 0.15) is 12.0 Å². The number of hydrogen-bond donors (Lipinski definition) is 1. The van der Waals surface area contributed by atoms with Gasteiger partial charge >= 0.3 is 0 Å². The molecular formula is C14H18ClNO2. The summed E-state index contributed by atoms with van der Waals surface area (Å²) in [5.41, 5.74) is 1.14. The largest absolute Gasteiger partial charge is 0.488 e. The summed E-state index contributed by atoms with van der Waals surface area (Å²) < 4.78 is 5.42. The number of rotatable bonds is 5. The van der Waals surface area contributed by atoms with Crippen molar-refractivity contribution in [3.63, 3.8) is 0 Å². The maximum Gasteiger partial charge on any atom is 0.138 e. The molecule has 0 spiro atoms. The lowest BCUT2D eigenvalue weighted by Crippen LogP contribution is -2.21. The Hall–Kier alpha value is -1.03. The van der Waals surface area contributed by atoms with Crippen LogP contribution in [-0.4, -0.2) is 35.8 Å². The van der Waals surface area contributed by atoms with Crippen molar-refractivity contribution in [2.45, 2.75) is 19.1 Å². The van der Waals surface area contributed by atoms with Crippen LogP contribution in [0.25, 0.3) is 0 Å². The highest BCUT2D eigenvalue weighted by Crippen LogP contribution is 2.26. The molecule has 0 aromatic heterocycles. The van der Waals surface area contributed by atoms with Crippen LogP contribution in [0, 0.1) is 0 Å². The Morgan fingerprint density at radius 3 is 3.00 bits per heavy atom. The highest BCUT2D eigenvalue weighted by atomic mass is 35.5. The summed E-state index contributed by atoms with van der Waals surface area (Å²) in [4.78, 5) is 2.22. The molecular weight excluding hydrogens is 250 g/mol. The molecule has 98 valence electrons. The van der Waals surface area contributed by atoms with E-state index in [0.717, 1.165) is 31.6 Å². The molecule has 0 aliphatic carbocycles. The number of β-amino-alcohol motifs (C(OH)–C–C–N with tert-alkyl or cyclic N) is 1. The van der Waals surface area contributed by atoms with Gasteiger partial charge in [-0.1, -0.05) is 30.3 Å². The van der Waals surface area contributed by atoms with Gasteiger partial charge in [0.15, 0.2) is 0 Å². The predicted molar refractivity (Wildman–Crippen MR) is 73.0 cm³/mol. The number of nitrogens with zero attached hydrogens (tertiary/aromatic N) is 1. The van der Waals surface area contributed by atoms with Crippen LogP contribution >= 0.6 is 11.6 Å². The quantitative estimate of drug-likeness (QED) is 0.832. The average Bonchev–Trinajstić information content (AvgIpc) is 2.74. The predicted octanol–water partition coefficient (Wildman–Crippen LogP) is 2.47. The van der Waals surface area contributed by atoms with Crippen molar-refractivity contribution in [2.75, 3.05) is 19.7 Å². The summed E-state index contributed by atoms with van der Waals surface area (Å²) in [5, 5.41) is 10.1. The van der Waals surface area contributed by atoms with Gasteiger partial charge in [0.2, 0.25) is 0 Å². The van der Waals surface area contributed by atoms with E-state index in [1.165, 1.54) is 0 Å². The summed E-state index contributed by atoms with van der Waals surface area (Å²) >= 11 is 6.15. The number of ether oxygens (including phenoxy) is 1. The first-order chi connectivity index (χ1) is 8.69. The van der Waals surface area contributed by atoms with Crippen LogP contribution in [0.4, 0.5) is 0 Å². The van der Waals surface area contributed by atoms with Crippen molar-refractivity contribution in [1.29, 1.82) is 0 Å². The topological polar surface area (TPSA) is 32.7 Å². The number of likely N-dealkylation sites (tertiary alicyclic amines) is 1. The van der Waals surface area contributed by atoms with Crippen molar-refractivity contribution in [1.82, 2.24) is 4.90 Å². The van der Waals surface area contributed by atoms with E-state index in [4.69, 9.17) is 16.3 Å². The number of benzene rings is 1. The van der Waals surface area contributed by atoms with E-state index in [2.05, 4.69) is 11.5 Å². The van der Waals surface area contributed by atoms with Crippen molar-refractivity contribution in [3.8, 4) is 5.75 Å². The molecule has 0 unspecified atom stereocenters. The molecule has 0 saturated carbocycles. The molecule has 18 heavy (non-hydrogen) atoms. The molecule has 1 atom stereocenters. The molecule has 3 nitrogen and oxygen atoms in total. The van der Waals surface area contributed by atoms with Gasteiger partial charge in [-0.15, -0.1) is 0 Å². The molecule has 1 heterocycles. The van der Waals surface area contributed by atoms with Gasteiger partial charge in [0.05, 0.1) is 11.1 Å². The van der Waals surface area contributed by atoms with E-state index in [1.54, 1.807) is 6.08 Å². The highest BCUT2D eigenvalue weighted by Gasteiger charge is 2.20. The second-order valence-electron chi connectivity index (χ2n) is 4.54. The Balaban J connectivity index is 1.97. The fourth-order valence-electron chi connectivity index (χ4n) is 2.12. The summed E-state index contributed by atoms with van der Waals surface area (Å²) in [7, 11) is 0. The van der Waals surface area contributed by atoms with Gasteiger partial charge in [-0.3, -0.25) is 4.90 Å². The van der Waals surface area contributed by atoms with Gasteiger partial charge in [0.1, 0.15) is 12.4 Å². The Kier molecular flexibility index (Phi) is 4.64. The van der Waals surface area contributed by atoms with E-state index in [9.17, 15) is 5.11 Å². The van der Waals surface area contributed by atoms with Gasteiger partial charge in [-0.25, -0.2) is 0 Å². The van der Waals surface area contributed by atoms with E-state index >= 15 is 0 Å². The fourth-order valence-corrected chi connectivity index (χ4v) is 2.38. The van der Waals surface area contributed by atoms with Gasteiger partial charge < -0.3 is 9.84 Å². The van der Waals surface area contributed by atoms with Gasteiger partial charge in [0.25, 0.3) is 0 Å². The Bertz CT molecular complexity index is 422. The number of hydrogen-bond acceptors (Lipinski definition) is 3. The second-order valence-corrected chi connectivity index (χ2v) is 4.95. The normalized spacial score (nSPS) is 20.0. The van der Waals surface area contributed by atoms with Crippen molar-refractivity contribution in [2.24, 2.45) is 0 Å². The SMILES string of the molecule is C=CCOc1ccc(CN2CC[C@@H](O)C2)cc1Cl. The van der Waals surface area contributed by atoms with Gasteiger partial charge in [0, 0.05) is 19.6 Å². The van der Waals surface area contributed by atoms with E-state index in [1.807, 2.05) is 18.2 Å². The van der Waals surface area contributed by atoms with Crippen molar-refractivity contribution < 1.29 is 9.84 Å². The lowest BCUT2D eigenvalue weighted by atomic mass is 10.2. The summed E-state index contributed by atoms with van der Waals surface area (Å²) in [6.07, 6.45) is 2.36. The highest BCUT2D eigenvalue weighted by molar-refractivity contribution is 6.32. The Morgan fingerprint density at radius 2 is 2.39 bits per heavy atom. The maximum atomic E-state index is 9.48. The van der Waals surface area contributed by atoms with Gasteiger partial charge in [-0.05, 0) is 24.1 Å². The molecule has 0 radical (unpaired) electrons. The van der Waals surface area contributed by atoms with Crippen LogP contribution in [0.5, 0.6) is 5.75 Å². The van der Waals surface area contributed by atoms with Crippen molar-refractivity contribution in [3.05, 3.63) is 41.4 Å². The minimum Gasteiger partial charge on any atom is -0.488 e. The first kappa shape index (κ1) is 13.4. The van der Waals surface area contributed by atoms with Crippen LogP contribution in [0.2, 0.25) is 5.02 Å². The zero-order chi connectivity index (χ0) is 13.0. The lowest BCUT2D eigenvalue weighted by molar-refractivity contribution is 0.175. The van der Waals surface area contributed by atoms with Crippen LogP contribution in [0.3, 0.4) is 0 Å². The summed E-state index contributed by atoms with van der Waals surface area (Å²) in [5.74, 6) is 0.682. The molecule has 4 heteroatoms. The average molecular weight is 268 g/mol. The number of halogens is 1. The van der Waals surface area contributed by atoms with E-state index in [-0.39, 0.29) is 6.10 Å². The first-order valence-electron chi connectivity index (χ1n) is 6.11. The Morgan fingerprint density at radius 1 is 1.56 bits per heavy atom. The monoisotopic (exact) mass is 267 g/mol. The van der Waals surface area contributed by atoms with Gasteiger partial charge in [-0.2, -0.15) is 0 Å². The minimum absolute atomic E-state index is 0.185. The first-order valence-corrected chi connectivity index (χ1v) is 6.49. The molecule has 1 aliphatic rings. The van der Waals surface area contributed by atoms with E-state index in [0.29, 0.717) is 17.4 Å². The minimum atomic E-state index is -0.185. The van der Waals surface area contributed by atoms with Crippen LogP contribution in [-0.2, 0) is 6.54 Å². The van der Waals surface area contributed by atoms with Crippen molar-refractivity contribution >= 4 is 11.6 Å². The molecule has 1 aromatic rings. The van der Waals surface area contributed by atoms with Crippen LogP contribution in [0.15, 0.2) is 30.9 Å². The molecule has 0 bridgehead atoms. The van der Waals surface area contributed by atoms with Crippen LogP contribution < -0.4 is 4.74 Å². The molecule has 2 rings (SSSR count). The third kappa shape index (κ3) is 3.48. The second kappa shape index (κ2) is 6.23. The maximum absolute atomic E-state index is 9.48. The third-order valence-electron chi connectivity index (χ3n) is 3.01. The molecule has 0 amide bonds. The number of aliphatic hydroxyl groups is 1. The Labute approximate surface area is 113 Å². The summed E-state index contributed by atoms with van der Waals surface area (Å²) in [6, 6.07) is 5.81. The van der Waals surface area contributed by atoms with E-state index < -0.39 is 0 Å². The zero-order valence-electron chi connectivity index (χ0n) is 10.3. The molecule has 1 N–H and O–H groups in total. The molecule has 1 aromatic carbocycles.